The van der Waals surface area contributed by atoms with Crippen molar-refractivity contribution in [2.45, 2.75) is 19.1 Å². The SMILES string of the molecule is Fc1cc(OC(F)(F)F)ccc1COC1CNC1. The third-order valence-electron chi connectivity index (χ3n) is 2.48. The van der Waals surface area contributed by atoms with Crippen LogP contribution >= 0.6 is 0 Å². The monoisotopic (exact) mass is 265 g/mol. The van der Waals surface area contributed by atoms with E-state index in [2.05, 4.69) is 10.1 Å². The Hall–Kier alpha value is -1.34. The molecule has 1 aromatic rings. The third-order valence-corrected chi connectivity index (χ3v) is 2.48. The van der Waals surface area contributed by atoms with Crippen molar-refractivity contribution in [3.8, 4) is 5.75 Å². The van der Waals surface area contributed by atoms with E-state index in [1.54, 1.807) is 0 Å². The minimum absolute atomic E-state index is 0.0322. The van der Waals surface area contributed by atoms with Gasteiger partial charge < -0.3 is 14.8 Å². The second-order valence-corrected chi connectivity index (χ2v) is 3.89. The van der Waals surface area contributed by atoms with Gasteiger partial charge in [0.05, 0.1) is 12.7 Å². The Labute approximate surface area is 101 Å². The van der Waals surface area contributed by atoms with E-state index in [0.29, 0.717) is 19.2 Å². The predicted molar refractivity (Wildman–Crippen MR) is 54.5 cm³/mol. The Balaban J connectivity index is 1.95. The Bertz CT molecular complexity index is 418. The summed E-state index contributed by atoms with van der Waals surface area (Å²) in [6.07, 6.45) is -4.78. The highest BCUT2D eigenvalue weighted by molar-refractivity contribution is 5.28. The van der Waals surface area contributed by atoms with Gasteiger partial charge in [0.1, 0.15) is 11.6 Å². The average molecular weight is 265 g/mol. The molecule has 1 aliphatic heterocycles. The van der Waals surface area contributed by atoms with Crippen molar-refractivity contribution in [3.05, 3.63) is 29.6 Å². The van der Waals surface area contributed by atoms with Gasteiger partial charge in [0.2, 0.25) is 0 Å². The summed E-state index contributed by atoms with van der Waals surface area (Å²) in [6.45, 7) is 1.44. The van der Waals surface area contributed by atoms with E-state index in [-0.39, 0.29) is 18.3 Å². The molecule has 7 heteroatoms. The third kappa shape index (κ3) is 3.58. The molecule has 18 heavy (non-hydrogen) atoms. The zero-order chi connectivity index (χ0) is 13.2. The van der Waals surface area contributed by atoms with Gasteiger partial charge in [0.25, 0.3) is 0 Å². The molecule has 1 heterocycles. The molecule has 0 amide bonds. The largest absolute Gasteiger partial charge is 0.573 e. The first-order valence-electron chi connectivity index (χ1n) is 5.30. The van der Waals surface area contributed by atoms with Gasteiger partial charge in [-0.3, -0.25) is 0 Å². The van der Waals surface area contributed by atoms with E-state index in [1.165, 1.54) is 6.07 Å². The van der Waals surface area contributed by atoms with Crippen molar-refractivity contribution in [1.29, 1.82) is 0 Å². The lowest BCUT2D eigenvalue weighted by Crippen LogP contribution is -2.48. The molecule has 100 valence electrons. The summed E-state index contributed by atoms with van der Waals surface area (Å²) < 4.78 is 58.1. The van der Waals surface area contributed by atoms with Crippen LogP contribution in [0.5, 0.6) is 5.75 Å². The van der Waals surface area contributed by atoms with E-state index < -0.39 is 17.9 Å². The molecule has 1 aliphatic rings. The van der Waals surface area contributed by atoms with Gasteiger partial charge in [-0.05, 0) is 6.07 Å². The molecule has 1 aromatic carbocycles. The molecule has 1 N–H and O–H groups in total. The van der Waals surface area contributed by atoms with E-state index in [1.807, 2.05) is 0 Å². The zero-order valence-electron chi connectivity index (χ0n) is 9.26. The molecular formula is C11H11F4NO2. The maximum Gasteiger partial charge on any atom is 0.573 e. The standard InChI is InChI=1S/C11H11F4NO2/c12-10-3-8(18-11(13,14)15)2-1-7(10)6-17-9-4-16-5-9/h1-3,9,16H,4-6H2. The molecule has 2 rings (SSSR count). The van der Waals surface area contributed by atoms with Crippen LogP contribution in [0.15, 0.2) is 18.2 Å². The highest BCUT2D eigenvalue weighted by atomic mass is 19.4. The Morgan fingerprint density at radius 1 is 1.28 bits per heavy atom. The lowest BCUT2D eigenvalue weighted by molar-refractivity contribution is -0.274. The van der Waals surface area contributed by atoms with Crippen LogP contribution in [0.3, 0.4) is 0 Å². The Morgan fingerprint density at radius 3 is 2.50 bits per heavy atom. The summed E-state index contributed by atoms with van der Waals surface area (Å²) in [5.74, 6) is -1.35. The molecule has 0 radical (unpaired) electrons. The lowest BCUT2D eigenvalue weighted by atomic mass is 10.2. The van der Waals surface area contributed by atoms with Crippen LogP contribution in [0.2, 0.25) is 0 Å². The second-order valence-electron chi connectivity index (χ2n) is 3.89. The summed E-state index contributed by atoms with van der Waals surface area (Å²) in [7, 11) is 0. The summed E-state index contributed by atoms with van der Waals surface area (Å²) >= 11 is 0. The summed E-state index contributed by atoms with van der Waals surface area (Å²) in [5.41, 5.74) is 0.205. The van der Waals surface area contributed by atoms with E-state index in [9.17, 15) is 17.6 Å². The first kappa shape index (κ1) is 13.1. The van der Waals surface area contributed by atoms with Crippen molar-refractivity contribution < 1.29 is 27.0 Å². The van der Waals surface area contributed by atoms with Gasteiger partial charge in [0.15, 0.2) is 0 Å². The number of ether oxygens (including phenoxy) is 2. The highest BCUT2D eigenvalue weighted by Crippen LogP contribution is 2.24. The predicted octanol–water partition coefficient (Wildman–Crippen LogP) is 2.21. The fourth-order valence-corrected chi connectivity index (χ4v) is 1.43. The van der Waals surface area contributed by atoms with Crippen molar-refractivity contribution in [3.63, 3.8) is 0 Å². The van der Waals surface area contributed by atoms with Gasteiger partial charge in [-0.25, -0.2) is 4.39 Å². The first-order chi connectivity index (χ1) is 8.44. The zero-order valence-corrected chi connectivity index (χ0v) is 9.26. The van der Waals surface area contributed by atoms with Crippen LogP contribution in [-0.2, 0) is 11.3 Å². The van der Waals surface area contributed by atoms with E-state index in [4.69, 9.17) is 4.74 Å². The van der Waals surface area contributed by atoms with Crippen LogP contribution in [0.1, 0.15) is 5.56 Å². The molecule has 0 aliphatic carbocycles. The molecular weight excluding hydrogens is 254 g/mol. The van der Waals surface area contributed by atoms with E-state index >= 15 is 0 Å². The Morgan fingerprint density at radius 2 is 2.00 bits per heavy atom. The van der Waals surface area contributed by atoms with Gasteiger partial charge in [-0.1, -0.05) is 6.07 Å². The fourth-order valence-electron chi connectivity index (χ4n) is 1.43. The van der Waals surface area contributed by atoms with Crippen LogP contribution in [-0.4, -0.2) is 25.6 Å². The molecule has 0 atom stereocenters. The number of hydrogen-bond donors (Lipinski definition) is 1. The van der Waals surface area contributed by atoms with Gasteiger partial charge in [-0.15, -0.1) is 13.2 Å². The summed E-state index contributed by atoms with van der Waals surface area (Å²) in [6, 6.07) is 2.99. The van der Waals surface area contributed by atoms with Crippen molar-refractivity contribution in [1.82, 2.24) is 5.32 Å². The minimum atomic E-state index is -4.82. The van der Waals surface area contributed by atoms with Gasteiger partial charge in [0, 0.05) is 24.7 Å². The topological polar surface area (TPSA) is 30.5 Å². The molecule has 1 fully saturated rings. The number of halogens is 4. The van der Waals surface area contributed by atoms with Crippen molar-refractivity contribution in [2.24, 2.45) is 0 Å². The maximum absolute atomic E-state index is 13.5. The van der Waals surface area contributed by atoms with Gasteiger partial charge in [-0.2, -0.15) is 0 Å². The van der Waals surface area contributed by atoms with Crippen molar-refractivity contribution in [2.75, 3.05) is 13.1 Å². The molecule has 0 spiro atoms. The second kappa shape index (κ2) is 5.11. The van der Waals surface area contributed by atoms with Crippen LogP contribution < -0.4 is 10.1 Å². The average Bonchev–Trinajstić information content (AvgIpc) is 2.16. The molecule has 1 saturated heterocycles. The van der Waals surface area contributed by atoms with Crippen molar-refractivity contribution >= 4 is 0 Å². The van der Waals surface area contributed by atoms with Gasteiger partial charge >= 0.3 is 6.36 Å². The first-order valence-corrected chi connectivity index (χ1v) is 5.30. The molecule has 3 nitrogen and oxygen atoms in total. The number of alkyl halides is 3. The minimum Gasteiger partial charge on any atom is -0.406 e. The normalized spacial score (nSPS) is 16.4. The van der Waals surface area contributed by atoms with Crippen LogP contribution in [0, 0.1) is 5.82 Å². The number of rotatable bonds is 4. The smallest absolute Gasteiger partial charge is 0.406 e. The lowest BCUT2D eigenvalue weighted by Gasteiger charge is -2.27. The molecule has 0 saturated carbocycles. The van der Waals surface area contributed by atoms with Crippen LogP contribution in [0.4, 0.5) is 17.6 Å². The summed E-state index contributed by atoms with van der Waals surface area (Å²) in [5, 5.41) is 2.98. The Kier molecular flexibility index (Phi) is 3.72. The molecule has 0 unspecified atom stereocenters. The fraction of sp³-hybridized carbons (Fsp3) is 0.455. The number of benzene rings is 1. The maximum atomic E-state index is 13.5. The number of hydrogen-bond acceptors (Lipinski definition) is 3. The van der Waals surface area contributed by atoms with E-state index in [0.717, 1.165) is 6.07 Å². The summed E-state index contributed by atoms with van der Waals surface area (Å²) in [4.78, 5) is 0. The molecule has 0 bridgehead atoms. The quantitative estimate of drug-likeness (QED) is 0.847. The number of nitrogens with one attached hydrogen (secondary N) is 1. The highest BCUT2D eigenvalue weighted by Gasteiger charge is 2.31. The van der Waals surface area contributed by atoms with Crippen LogP contribution in [0.25, 0.3) is 0 Å². The molecule has 0 aromatic heterocycles.